The normalized spacial score (nSPS) is 21.7. The lowest BCUT2D eigenvalue weighted by Crippen LogP contribution is -2.52. The molecule has 10 nitrogen and oxygen atoms in total. The number of carbonyl (C=O) groups excluding carboxylic acids is 2. The maximum absolute atomic E-state index is 13.0. The van der Waals surface area contributed by atoms with Gasteiger partial charge in [0.15, 0.2) is 5.65 Å². The second-order valence-corrected chi connectivity index (χ2v) is 8.26. The lowest BCUT2D eigenvalue weighted by atomic mass is 9.92. The van der Waals surface area contributed by atoms with Crippen molar-refractivity contribution in [2.24, 2.45) is 5.92 Å². The van der Waals surface area contributed by atoms with Gasteiger partial charge in [-0.2, -0.15) is 5.26 Å². The minimum absolute atomic E-state index is 0.0571. The molecule has 2 aromatic heterocycles. The number of hydrogen-bond donors (Lipinski definition) is 1. The molecular formula is C21H28N8O2. The molecule has 1 N–H and O–H groups in total. The van der Waals surface area contributed by atoms with Crippen LogP contribution in [0.5, 0.6) is 0 Å². The zero-order chi connectivity index (χ0) is 22.0. The first kappa shape index (κ1) is 21.1. The number of amides is 2. The number of likely N-dealkylation sites (N-methyl/N-ethyl adjacent to an activating group) is 1. The average Bonchev–Trinajstić information content (AvgIpc) is 3.23. The number of nitrogens with one attached hydrogen (secondary N) is 1. The van der Waals surface area contributed by atoms with Gasteiger partial charge in [0, 0.05) is 52.5 Å². The van der Waals surface area contributed by atoms with Crippen LogP contribution in [0.2, 0.25) is 0 Å². The molecule has 0 saturated carbocycles. The van der Waals surface area contributed by atoms with Gasteiger partial charge in [0.1, 0.15) is 18.6 Å². The molecule has 4 heterocycles. The highest BCUT2D eigenvalue weighted by Gasteiger charge is 2.33. The molecule has 2 amide bonds. The van der Waals surface area contributed by atoms with Crippen LogP contribution >= 0.6 is 0 Å². The number of piperidine rings is 1. The maximum Gasteiger partial charge on any atom is 0.329 e. The molecule has 2 saturated heterocycles. The van der Waals surface area contributed by atoms with Crippen LogP contribution in [0.1, 0.15) is 19.8 Å². The summed E-state index contributed by atoms with van der Waals surface area (Å²) in [4.78, 5) is 39.8. The third-order valence-electron chi connectivity index (χ3n) is 6.39. The molecule has 10 heteroatoms. The van der Waals surface area contributed by atoms with Gasteiger partial charge in [0.25, 0.3) is 0 Å². The average molecular weight is 425 g/mol. The van der Waals surface area contributed by atoms with E-state index in [0.717, 1.165) is 30.7 Å². The molecule has 2 atom stereocenters. The Kier molecular flexibility index (Phi) is 6.04. The Morgan fingerprint density at radius 3 is 2.77 bits per heavy atom. The summed E-state index contributed by atoms with van der Waals surface area (Å²) in [6.07, 6.45) is 4.01. The van der Waals surface area contributed by atoms with Crippen LogP contribution in [0.3, 0.4) is 0 Å². The Morgan fingerprint density at radius 2 is 2.03 bits per heavy atom. The van der Waals surface area contributed by atoms with Gasteiger partial charge in [-0.25, -0.2) is 14.8 Å². The van der Waals surface area contributed by atoms with Gasteiger partial charge in [0.05, 0.1) is 17.5 Å². The van der Waals surface area contributed by atoms with E-state index in [9.17, 15) is 9.59 Å². The van der Waals surface area contributed by atoms with Gasteiger partial charge in [-0.1, -0.05) is 6.92 Å². The van der Waals surface area contributed by atoms with E-state index in [1.54, 1.807) is 15.7 Å². The second-order valence-electron chi connectivity index (χ2n) is 8.26. The van der Waals surface area contributed by atoms with Crippen molar-refractivity contribution < 1.29 is 9.59 Å². The van der Waals surface area contributed by atoms with Crippen molar-refractivity contribution in [2.45, 2.75) is 25.8 Å². The van der Waals surface area contributed by atoms with Gasteiger partial charge in [-0.3, -0.25) is 9.36 Å². The number of anilines is 1. The largest absolute Gasteiger partial charge is 0.354 e. The summed E-state index contributed by atoms with van der Waals surface area (Å²) >= 11 is 0. The molecular weight excluding hydrogens is 396 g/mol. The van der Waals surface area contributed by atoms with Crippen LogP contribution < -0.4 is 10.2 Å². The standard InChI is InChI=1S/C21H28N8O2/c1-15-4-9-28(18(30)3-6-22)13-17(15)26(2)19-16-5-10-29(20(16)25-14-24-19)21(31)27-11-7-23-8-12-27/h5,10,14-15,17,23H,3-4,7-9,11-13H2,1-2H3/t15-,17+/m1/s1. The summed E-state index contributed by atoms with van der Waals surface area (Å²) in [7, 11) is 1.97. The molecule has 31 heavy (non-hydrogen) atoms. The fourth-order valence-corrected chi connectivity index (χ4v) is 4.50. The van der Waals surface area contributed by atoms with Crippen LogP contribution in [0.25, 0.3) is 11.0 Å². The van der Waals surface area contributed by atoms with Gasteiger partial charge in [-0.15, -0.1) is 0 Å². The summed E-state index contributed by atoms with van der Waals surface area (Å²) in [6.45, 7) is 6.30. The highest BCUT2D eigenvalue weighted by Crippen LogP contribution is 2.29. The monoisotopic (exact) mass is 424 g/mol. The zero-order valence-electron chi connectivity index (χ0n) is 18.0. The number of carbonyl (C=O) groups is 2. The maximum atomic E-state index is 13.0. The van der Waals surface area contributed by atoms with Crippen LogP contribution in [0, 0.1) is 17.2 Å². The van der Waals surface area contributed by atoms with E-state index in [2.05, 4.69) is 27.1 Å². The quantitative estimate of drug-likeness (QED) is 0.779. The Bertz CT molecular complexity index is 1010. The van der Waals surface area contributed by atoms with Crippen LogP contribution in [0.4, 0.5) is 10.6 Å². The highest BCUT2D eigenvalue weighted by atomic mass is 16.2. The van der Waals surface area contributed by atoms with E-state index < -0.39 is 0 Å². The van der Waals surface area contributed by atoms with E-state index in [1.165, 1.54) is 6.33 Å². The van der Waals surface area contributed by atoms with E-state index in [-0.39, 0.29) is 24.4 Å². The Morgan fingerprint density at radius 1 is 1.26 bits per heavy atom. The van der Waals surface area contributed by atoms with Crippen molar-refractivity contribution >= 4 is 28.8 Å². The minimum Gasteiger partial charge on any atom is -0.354 e. The molecule has 0 unspecified atom stereocenters. The summed E-state index contributed by atoms with van der Waals surface area (Å²) in [6, 6.07) is 3.81. The number of piperazine rings is 1. The zero-order valence-corrected chi connectivity index (χ0v) is 18.0. The van der Waals surface area contributed by atoms with Gasteiger partial charge in [0.2, 0.25) is 5.91 Å². The number of nitrogens with zero attached hydrogens (tertiary/aromatic N) is 7. The van der Waals surface area contributed by atoms with Gasteiger partial charge in [-0.05, 0) is 18.4 Å². The third-order valence-corrected chi connectivity index (χ3v) is 6.39. The van der Waals surface area contributed by atoms with Crippen LogP contribution in [0.15, 0.2) is 18.6 Å². The molecule has 2 fully saturated rings. The highest BCUT2D eigenvalue weighted by molar-refractivity contribution is 5.95. The van der Waals surface area contributed by atoms with E-state index in [1.807, 2.05) is 24.1 Å². The van der Waals surface area contributed by atoms with Crippen LogP contribution in [-0.4, -0.2) is 88.6 Å². The first-order valence-corrected chi connectivity index (χ1v) is 10.7. The molecule has 164 valence electrons. The number of aromatic nitrogens is 3. The number of likely N-dealkylation sites (tertiary alicyclic amines) is 1. The molecule has 0 aromatic carbocycles. The topological polar surface area (TPSA) is 110 Å². The lowest BCUT2D eigenvalue weighted by Gasteiger charge is -2.42. The van der Waals surface area contributed by atoms with E-state index >= 15 is 0 Å². The van der Waals surface area contributed by atoms with E-state index in [4.69, 9.17) is 5.26 Å². The Hall–Kier alpha value is -3.19. The lowest BCUT2D eigenvalue weighted by molar-refractivity contribution is -0.131. The molecule has 0 bridgehead atoms. The second kappa shape index (κ2) is 8.89. The summed E-state index contributed by atoms with van der Waals surface area (Å²) < 4.78 is 1.59. The van der Waals surface area contributed by atoms with Crippen molar-refractivity contribution in [3.8, 4) is 6.07 Å². The number of fused-ring (bicyclic) bond motifs is 1. The molecule has 0 aliphatic carbocycles. The molecule has 0 spiro atoms. The Balaban J connectivity index is 1.60. The first-order valence-electron chi connectivity index (χ1n) is 10.7. The molecule has 4 rings (SSSR count). The van der Waals surface area contributed by atoms with Crippen molar-refractivity contribution in [1.82, 2.24) is 29.7 Å². The first-order chi connectivity index (χ1) is 15.0. The van der Waals surface area contributed by atoms with Crippen molar-refractivity contribution in [2.75, 3.05) is 51.2 Å². The summed E-state index contributed by atoms with van der Waals surface area (Å²) in [5, 5.41) is 12.9. The number of hydrogen-bond acceptors (Lipinski definition) is 7. The van der Waals surface area contributed by atoms with Crippen LogP contribution in [-0.2, 0) is 4.79 Å². The predicted molar refractivity (Wildman–Crippen MR) is 116 cm³/mol. The summed E-state index contributed by atoms with van der Waals surface area (Å²) in [5.74, 6) is 0.961. The Labute approximate surface area is 181 Å². The number of rotatable bonds is 3. The number of nitriles is 1. The SMILES string of the molecule is C[C@@H]1CCN(C(=O)CC#N)C[C@@H]1N(C)c1ncnc2c1ccn2C(=O)N1CCNCC1. The minimum atomic E-state index is -0.131. The molecule has 2 aliphatic rings. The van der Waals surface area contributed by atoms with E-state index in [0.29, 0.717) is 37.7 Å². The van der Waals surface area contributed by atoms with Crippen molar-refractivity contribution in [3.63, 3.8) is 0 Å². The van der Waals surface area contributed by atoms with Gasteiger partial charge >= 0.3 is 6.03 Å². The van der Waals surface area contributed by atoms with Crippen molar-refractivity contribution in [3.05, 3.63) is 18.6 Å². The van der Waals surface area contributed by atoms with Gasteiger partial charge < -0.3 is 20.0 Å². The third kappa shape index (κ3) is 4.05. The fourth-order valence-electron chi connectivity index (χ4n) is 4.50. The smallest absolute Gasteiger partial charge is 0.329 e. The molecule has 2 aromatic rings. The molecule has 0 radical (unpaired) electrons. The fraction of sp³-hybridized carbons (Fsp3) is 0.571. The van der Waals surface area contributed by atoms with Crippen molar-refractivity contribution in [1.29, 1.82) is 5.26 Å². The molecule has 2 aliphatic heterocycles. The summed E-state index contributed by atoms with van der Waals surface area (Å²) in [5.41, 5.74) is 0.584. The predicted octanol–water partition coefficient (Wildman–Crippen LogP) is 0.891.